The maximum absolute atomic E-state index is 13.2. The second-order valence-electron chi connectivity index (χ2n) is 8.38. The molecule has 0 saturated heterocycles. The Kier molecular flexibility index (Phi) is 9.05. The van der Waals surface area contributed by atoms with Crippen molar-refractivity contribution in [2.45, 2.75) is 50.7 Å². The zero-order valence-electron chi connectivity index (χ0n) is 19.3. The Hall–Kier alpha value is -2.80. The number of hydrogen-bond donors (Lipinski definition) is 1. The fourth-order valence-electron chi connectivity index (χ4n) is 3.53. The van der Waals surface area contributed by atoms with Crippen LogP contribution in [0, 0.1) is 0 Å². The van der Waals surface area contributed by atoms with Gasteiger partial charge in [-0.2, -0.15) is 39.5 Å². The molecule has 0 aliphatic rings. The highest BCUT2D eigenvalue weighted by molar-refractivity contribution is 5.41. The van der Waals surface area contributed by atoms with Crippen molar-refractivity contribution in [3.63, 3.8) is 0 Å². The van der Waals surface area contributed by atoms with Crippen molar-refractivity contribution in [1.29, 1.82) is 0 Å². The third-order valence-electron chi connectivity index (χ3n) is 5.23. The van der Waals surface area contributed by atoms with E-state index in [0.717, 1.165) is 12.1 Å². The van der Waals surface area contributed by atoms with Crippen LogP contribution in [0.5, 0.6) is 0 Å². The van der Waals surface area contributed by atoms with E-state index in [2.05, 4.69) is 5.32 Å². The van der Waals surface area contributed by atoms with Gasteiger partial charge < -0.3 is 15.0 Å². The number of rotatable bonds is 9. The smallest absolute Gasteiger partial charge is 0.416 e. The number of benzene rings is 2. The molecule has 0 bridgehead atoms. The van der Waals surface area contributed by atoms with Crippen LogP contribution in [0.1, 0.15) is 46.4 Å². The molecule has 0 saturated carbocycles. The highest BCUT2D eigenvalue weighted by Crippen LogP contribution is 2.38. The molecule has 2 aromatic rings. The first-order valence-electron chi connectivity index (χ1n) is 10.4. The molecule has 0 fully saturated rings. The molecule has 4 nitrogen and oxygen atoms in total. The Morgan fingerprint density at radius 1 is 0.833 bits per heavy atom. The van der Waals surface area contributed by atoms with Crippen LogP contribution >= 0.6 is 0 Å². The lowest BCUT2D eigenvalue weighted by atomic mass is 9.96. The van der Waals surface area contributed by atoms with Crippen LogP contribution in [0.3, 0.4) is 0 Å². The summed E-state index contributed by atoms with van der Waals surface area (Å²) in [6.45, 7) is 1.22. The molecule has 2 aromatic carbocycles. The Bertz CT molecular complexity index is 1020. The third kappa shape index (κ3) is 7.85. The van der Waals surface area contributed by atoms with Gasteiger partial charge in [-0.3, -0.25) is 4.79 Å². The lowest BCUT2D eigenvalue weighted by molar-refractivity contribution is -0.143. The largest absolute Gasteiger partial charge is 0.458 e. The first kappa shape index (κ1) is 29.4. The van der Waals surface area contributed by atoms with E-state index < -0.39 is 52.9 Å². The van der Waals surface area contributed by atoms with Crippen molar-refractivity contribution in [3.8, 4) is 0 Å². The Balaban J connectivity index is 2.43. The van der Waals surface area contributed by atoms with Crippen LogP contribution in [0.25, 0.3) is 0 Å². The van der Waals surface area contributed by atoms with Gasteiger partial charge in [0.05, 0.1) is 16.7 Å². The van der Waals surface area contributed by atoms with Gasteiger partial charge >= 0.3 is 18.5 Å². The van der Waals surface area contributed by atoms with E-state index in [9.17, 15) is 44.3 Å². The molecule has 0 heterocycles. The van der Waals surface area contributed by atoms with Crippen molar-refractivity contribution < 1.29 is 49.0 Å². The Morgan fingerprint density at radius 3 is 1.81 bits per heavy atom. The summed E-state index contributed by atoms with van der Waals surface area (Å²) in [6.07, 6.45) is -16.5. The Labute approximate surface area is 201 Å². The lowest BCUT2D eigenvalue weighted by Crippen LogP contribution is -2.34. The number of carbonyl (C=O) groups excluding carboxylic acids is 1. The zero-order chi connectivity index (χ0) is 27.5. The maximum atomic E-state index is 13.2. The summed E-state index contributed by atoms with van der Waals surface area (Å²) in [4.78, 5) is 12.7. The normalized spacial score (nSPS) is 14.6. The van der Waals surface area contributed by atoms with Crippen LogP contribution in [0.15, 0.2) is 36.4 Å². The van der Waals surface area contributed by atoms with Crippen molar-refractivity contribution in [1.82, 2.24) is 10.2 Å². The van der Waals surface area contributed by atoms with Crippen molar-refractivity contribution in [2.75, 3.05) is 14.1 Å². The molecule has 1 N–H and O–H groups in total. The highest BCUT2D eigenvalue weighted by Gasteiger charge is 2.38. The standard InChI is InChI=1S/C23H23F9N2O2/c1-13(33-10-16-8-17(21(24,25)26)5-4-14(16)11-34(2)3)20(36-12-35)15-6-18(22(27,28)29)9-19(7-15)23(30,31)32/h4-9,12-13,20,33H,10-11H2,1-3H3. The molecule has 0 aliphatic heterocycles. The van der Waals surface area contributed by atoms with Crippen LogP contribution < -0.4 is 5.32 Å². The summed E-state index contributed by atoms with van der Waals surface area (Å²) >= 11 is 0. The average Bonchev–Trinajstić information content (AvgIpc) is 2.73. The lowest BCUT2D eigenvalue weighted by Gasteiger charge is -2.26. The summed E-state index contributed by atoms with van der Waals surface area (Å²) < 4.78 is 124. The maximum Gasteiger partial charge on any atom is 0.416 e. The van der Waals surface area contributed by atoms with Gasteiger partial charge in [-0.05, 0) is 68.0 Å². The van der Waals surface area contributed by atoms with Gasteiger partial charge in [-0.25, -0.2) is 0 Å². The molecular weight excluding hydrogens is 507 g/mol. The number of halogens is 9. The fraction of sp³-hybridized carbons (Fsp3) is 0.435. The number of ether oxygens (including phenoxy) is 1. The SMILES string of the molecule is CC(NCc1cc(C(F)(F)F)ccc1CN(C)C)C(OC=O)c1cc(C(F)(F)F)cc(C(F)(F)F)c1. The molecule has 2 atom stereocenters. The van der Waals surface area contributed by atoms with E-state index >= 15 is 0 Å². The first-order chi connectivity index (χ1) is 16.4. The topological polar surface area (TPSA) is 41.6 Å². The minimum absolute atomic E-state index is 0.0598. The van der Waals surface area contributed by atoms with Gasteiger partial charge in [0.1, 0.15) is 6.10 Å². The molecule has 0 amide bonds. The molecule has 2 rings (SSSR count). The number of nitrogens with zero attached hydrogens (tertiary/aromatic N) is 1. The monoisotopic (exact) mass is 530 g/mol. The minimum Gasteiger partial charge on any atom is -0.458 e. The molecule has 0 aromatic heterocycles. The van der Waals surface area contributed by atoms with E-state index in [1.54, 1.807) is 19.0 Å². The molecule has 0 aliphatic carbocycles. The molecular formula is C23H23F9N2O2. The van der Waals surface area contributed by atoms with Gasteiger partial charge in [0.25, 0.3) is 6.47 Å². The van der Waals surface area contributed by atoms with Crippen LogP contribution in [-0.2, 0) is 41.1 Å². The summed E-state index contributed by atoms with van der Waals surface area (Å²) in [5, 5.41) is 2.76. The van der Waals surface area contributed by atoms with Gasteiger partial charge in [0.15, 0.2) is 0 Å². The number of nitrogens with one attached hydrogen (secondary N) is 1. The molecule has 200 valence electrons. The van der Waals surface area contributed by atoms with Crippen molar-refractivity contribution in [3.05, 3.63) is 69.8 Å². The number of alkyl halides is 9. The molecule has 0 radical (unpaired) electrons. The summed E-state index contributed by atoms with van der Waals surface area (Å²) in [5.41, 5.74) is -3.98. The van der Waals surface area contributed by atoms with Crippen LogP contribution in [0.2, 0.25) is 0 Å². The zero-order valence-corrected chi connectivity index (χ0v) is 19.3. The third-order valence-corrected chi connectivity index (χ3v) is 5.23. The molecule has 0 spiro atoms. The van der Waals surface area contributed by atoms with Crippen molar-refractivity contribution in [2.24, 2.45) is 0 Å². The number of carbonyl (C=O) groups is 1. The molecule has 36 heavy (non-hydrogen) atoms. The van der Waals surface area contributed by atoms with Crippen LogP contribution in [0.4, 0.5) is 39.5 Å². The van der Waals surface area contributed by atoms with E-state index in [4.69, 9.17) is 4.74 Å². The molecule has 2 unspecified atom stereocenters. The second-order valence-corrected chi connectivity index (χ2v) is 8.38. The van der Waals surface area contributed by atoms with E-state index in [-0.39, 0.29) is 31.2 Å². The summed E-state index contributed by atoms with van der Waals surface area (Å²) in [6, 6.07) is 2.82. The number of hydrogen-bond acceptors (Lipinski definition) is 4. The average molecular weight is 530 g/mol. The van der Waals surface area contributed by atoms with Gasteiger partial charge in [-0.1, -0.05) is 6.07 Å². The van der Waals surface area contributed by atoms with E-state index in [1.165, 1.54) is 13.0 Å². The summed E-state index contributed by atoms with van der Waals surface area (Å²) in [7, 11) is 3.38. The van der Waals surface area contributed by atoms with Crippen molar-refractivity contribution >= 4 is 6.47 Å². The summed E-state index contributed by atoms with van der Waals surface area (Å²) in [5.74, 6) is 0. The van der Waals surface area contributed by atoms with E-state index in [1.807, 2.05) is 0 Å². The molecule has 13 heteroatoms. The highest BCUT2D eigenvalue weighted by atomic mass is 19.4. The second kappa shape index (κ2) is 11.1. The predicted molar refractivity (Wildman–Crippen MR) is 111 cm³/mol. The Morgan fingerprint density at radius 2 is 1.36 bits per heavy atom. The van der Waals surface area contributed by atoms with Gasteiger partial charge in [-0.15, -0.1) is 0 Å². The quantitative estimate of drug-likeness (QED) is 0.310. The van der Waals surface area contributed by atoms with E-state index in [0.29, 0.717) is 17.7 Å². The van der Waals surface area contributed by atoms with Crippen LogP contribution in [-0.4, -0.2) is 31.5 Å². The fourth-order valence-corrected chi connectivity index (χ4v) is 3.53. The minimum atomic E-state index is -5.11. The predicted octanol–water partition coefficient (Wildman–Crippen LogP) is 6.20. The first-order valence-corrected chi connectivity index (χ1v) is 10.4. The van der Waals surface area contributed by atoms with Gasteiger partial charge in [0, 0.05) is 19.1 Å². The van der Waals surface area contributed by atoms with Gasteiger partial charge in [0.2, 0.25) is 0 Å².